The van der Waals surface area contributed by atoms with E-state index in [-0.39, 0.29) is 11.5 Å². The fraction of sp³-hybridized carbons (Fsp3) is 0.368. The SMILES string of the molecule is COC(=O)C1=C(C)NC2=C(C(=O)CCC2)C1c1ccc(OC)c(O)c1. The number of hydrogen-bond acceptors (Lipinski definition) is 6. The first-order chi connectivity index (χ1) is 12.0. The number of dihydropyridines is 1. The summed E-state index contributed by atoms with van der Waals surface area (Å²) >= 11 is 0. The van der Waals surface area contributed by atoms with Gasteiger partial charge in [0.05, 0.1) is 19.8 Å². The van der Waals surface area contributed by atoms with E-state index in [0.717, 1.165) is 18.5 Å². The number of esters is 1. The largest absolute Gasteiger partial charge is 0.504 e. The molecule has 1 atom stereocenters. The number of hydrogen-bond donors (Lipinski definition) is 2. The lowest BCUT2D eigenvalue weighted by Gasteiger charge is -2.34. The number of aromatic hydroxyl groups is 1. The Kier molecular flexibility index (Phi) is 4.53. The first-order valence-electron chi connectivity index (χ1n) is 8.17. The van der Waals surface area contributed by atoms with Crippen LogP contribution in [0.1, 0.15) is 37.7 Å². The van der Waals surface area contributed by atoms with Gasteiger partial charge in [0.2, 0.25) is 0 Å². The summed E-state index contributed by atoms with van der Waals surface area (Å²) in [7, 11) is 2.78. The molecule has 132 valence electrons. The van der Waals surface area contributed by atoms with Gasteiger partial charge in [-0.15, -0.1) is 0 Å². The van der Waals surface area contributed by atoms with Crippen molar-refractivity contribution in [2.45, 2.75) is 32.1 Å². The molecule has 0 bridgehead atoms. The highest BCUT2D eigenvalue weighted by atomic mass is 16.5. The standard InChI is InChI=1S/C19H21NO5/c1-10-16(19(23)25-3)17(11-7-8-15(24-2)14(22)9-11)18-12(20-10)5-4-6-13(18)21/h7-9,17,20,22H,4-6H2,1-3H3. The monoisotopic (exact) mass is 343 g/mol. The smallest absolute Gasteiger partial charge is 0.336 e. The van der Waals surface area contributed by atoms with Crippen LogP contribution < -0.4 is 10.1 Å². The number of carbonyl (C=O) groups excluding carboxylic acids is 2. The fourth-order valence-corrected chi connectivity index (χ4v) is 3.58. The molecule has 0 saturated heterocycles. The third-order valence-electron chi connectivity index (χ3n) is 4.72. The van der Waals surface area contributed by atoms with Crippen LogP contribution in [0.25, 0.3) is 0 Å². The van der Waals surface area contributed by atoms with Crippen molar-refractivity contribution in [3.8, 4) is 11.5 Å². The summed E-state index contributed by atoms with van der Waals surface area (Å²) in [4.78, 5) is 25.0. The molecule has 0 spiro atoms. The van der Waals surface area contributed by atoms with Gasteiger partial charge in [0.25, 0.3) is 0 Å². The Morgan fingerprint density at radius 2 is 2.04 bits per heavy atom. The average molecular weight is 343 g/mol. The Bertz CT molecular complexity index is 806. The van der Waals surface area contributed by atoms with Crippen molar-refractivity contribution in [2.75, 3.05) is 14.2 Å². The van der Waals surface area contributed by atoms with E-state index in [1.807, 2.05) is 0 Å². The number of nitrogens with one attached hydrogen (secondary N) is 1. The molecule has 1 heterocycles. The topological polar surface area (TPSA) is 84.9 Å². The molecule has 1 aromatic rings. The summed E-state index contributed by atoms with van der Waals surface area (Å²) in [6, 6.07) is 4.93. The summed E-state index contributed by atoms with van der Waals surface area (Å²) in [5.74, 6) is -0.737. The number of ether oxygens (including phenoxy) is 2. The van der Waals surface area contributed by atoms with Crippen molar-refractivity contribution in [3.05, 3.63) is 46.3 Å². The normalized spacial score (nSPS) is 20.1. The van der Waals surface area contributed by atoms with Gasteiger partial charge < -0.3 is 19.9 Å². The number of allylic oxidation sites excluding steroid dienone is 3. The van der Waals surface area contributed by atoms with Crippen molar-refractivity contribution in [2.24, 2.45) is 0 Å². The molecule has 0 fully saturated rings. The predicted octanol–water partition coefficient (Wildman–Crippen LogP) is 2.54. The van der Waals surface area contributed by atoms with Crippen LogP contribution in [0.15, 0.2) is 40.7 Å². The van der Waals surface area contributed by atoms with Crippen molar-refractivity contribution < 1.29 is 24.2 Å². The van der Waals surface area contributed by atoms with Gasteiger partial charge in [0, 0.05) is 29.3 Å². The molecule has 1 aliphatic heterocycles. The maximum atomic E-state index is 12.6. The third-order valence-corrected chi connectivity index (χ3v) is 4.72. The number of rotatable bonds is 3. The number of phenolic OH excluding ortho intramolecular Hbond substituents is 1. The number of ketones is 1. The maximum Gasteiger partial charge on any atom is 0.336 e. The lowest BCUT2D eigenvalue weighted by atomic mass is 9.75. The molecule has 0 saturated carbocycles. The Morgan fingerprint density at radius 1 is 1.28 bits per heavy atom. The van der Waals surface area contributed by atoms with Gasteiger partial charge in [-0.3, -0.25) is 4.79 Å². The summed E-state index contributed by atoms with van der Waals surface area (Å²) < 4.78 is 10.0. The molecule has 3 rings (SSSR count). The number of methoxy groups -OCH3 is 2. The van der Waals surface area contributed by atoms with Crippen LogP contribution in [-0.4, -0.2) is 31.1 Å². The highest BCUT2D eigenvalue weighted by Gasteiger charge is 2.39. The number of Topliss-reactive ketones (excluding diaryl/α,β-unsaturated/α-hetero) is 1. The Hall–Kier alpha value is -2.76. The summed E-state index contributed by atoms with van der Waals surface area (Å²) in [5, 5.41) is 13.4. The third kappa shape index (κ3) is 2.88. The van der Waals surface area contributed by atoms with Crippen LogP contribution >= 0.6 is 0 Å². The average Bonchev–Trinajstić information content (AvgIpc) is 2.60. The molecule has 1 unspecified atom stereocenters. The van der Waals surface area contributed by atoms with E-state index in [0.29, 0.717) is 34.6 Å². The van der Waals surface area contributed by atoms with E-state index in [2.05, 4.69) is 5.32 Å². The lowest BCUT2D eigenvalue weighted by Crippen LogP contribution is -2.34. The minimum Gasteiger partial charge on any atom is -0.504 e. The second-order valence-corrected chi connectivity index (χ2v) is 6.19. The van der Waals surface area contributed by atoms with E-state index in [1.54, 1.807) is 19.1 Å². The zero-order valence-electron chi connectivity index (χ0n) is 14.5. The maximum absolute atomic E-state index is 12.6. The van der Waals surface area contributed by atoms with Crippen LogP contribution in [-0.2, 0) is 14.3 Å². The Balaban J connectivity index is 2.19. The van der Waals surface area contributed by atoms with Crippen LogP contribution in [0.4, 0.5) is 0 Å². The molecule has 0 amide bonds. The minimum absolute atomic E-state index is 0.0166. The van der Waals surface area contributed by atoms with Crippen molar-refractivity contribution in [1.82, 2.24) is 5.32 Å². The highest BCUT2D eigenvalue weighted by molar-refractivity contribution is 6.03. The van der Waals surface area contributed by atoms with Gasteiger partial charge in [-0.1, -0.05) is 6.07 Å². The molecule has 2 N–H and O–H groups in total. The second-order valence-electron chi connectivity index (χ2n) is 6.19. The van der Waals surface area contributed by atoms with Gasteiger partial charge in [-0.25, -0.2) is 4.79 Å². The molecule has 25 heavy (non-hydrogen) atoms. The van der Waals surface area contributed by atoms with Crippen molar-refractivity contribution in [1.29, 1.82) is 0 Å². The molecule has 6 nitrogen and oxygen atoms in total. The summed E-state index contributed by atoms with van der Waals surface area (Å²) in [5.41, 5.74) is 3.15. The first kappa shape index (κ1) is 17.1. The summed E-state index contributed by atoms with van der Waals surface area (Å²) in [6.45, 7) is 1.80. The first-order valence-corrected chi connectivity index (χ1v) is 8.17. The molecule has 1 aromatic carbocycles. The van der Waals surface area contributed by atoms with E-state index < -0.39 is 11.9 Å². The van der Waals surface area contributed by atoms with Gasteiger partial charge >= 0.3 is 5.97 Å². The molecular formula is C19H21NO5. The highest BCUT2D eigenvalue weighted by Crippen LogP contribution is 2.44. The predicted molar refractivity (Wildman–Crippen MR) is 91.1 cm³/mol. The van der Waals surface area contributed by atoms with E-state index >= 15 is 0 Å². The zero-order chi connectivity index (χ0) is 18.1. The molecule has 2 aliphatic rings. The van der Waals surface area contributed by atoms with Gasteiger partial charge in [0.15, 0.2) is 17.3 Å². The minimum atomic E-state index is -0.562. The zero-order valence-corrected chi connectivity index (χ0v) is 14.5. The van der Waals surface area contributed by atoms with Crippen LogP contribution in [0.3, 0.4) is 0 Å². The molecule has 1 aliphatic carbocycles. The van der Waals surface area contributed by atoms with Crippen molar-refractivity contribution in [3.63, 3.8) is 0 Å². The van der Waals surface area contributed by atoms with Crippen LogP contribution in [0.5, 0.6) is 11.5 Å². The molecular weight excluding hydrogens is 322 g/mol. The van der Waals surface area contributed by atoms with Crippen LogP contribution in [0.2, 0.25) is 0 Å². The number of phenols is 1. The molecule has 6 heteroatoms. The second kappa shape index (κ2) is 6.63. The van der Waals surface area contributed by atoms with Crippen LogP contribution in [0, 0.1) is 0 Å². The van der Waals surface area contributed by atoms with E-state index in [4.69, 9.17) is 9.47 Å². The quantitative estimate of drug-likeness (QED) is 0.821. The Labute approximate surface area is 146 Å². The lowest BCUT2D eigenvalue weighted by molar-refractivity contribution is -0.136. The van der Waals surface area contributed by atoms with Gasteiger partial charge in [-0.05, 0) is 37.5 Å². The van der Waals surface area contributed by atoms with Crippen molar-refractivity contribution >= 4 is 11.8 Å². The van der Waals surface area contributed by atoms with Gasteiger partial charge in [0.1, 0.15) is 0 Å². The van der Waals surface area contributed by atoms with E-state index in [1.165, 1.54) is 20.3 Å². The fourth-order valence-electron chi connectivity index (χ4n) is 3.58. The van der Waals surface area contributed by atoms with Gasteiger partial charge in [-0.2, -0.15) is 0 Å². The number of benzene rings is 1. The summed E-state index contributed by atoms with van der Waals surface area (Å²) in [6.07, 6.45) is 1.99. The molecule has 0 radical (unpaired) electrons. The van der Waals surface area contributed by atoms with E-state index in [9.17, 15) is 14.7 Å². The number of carbonyl (C=O) groups is 2. The molecule has 0 aromatic heterocycles. The Morgan fingerprint density at radius 3 is 2.68 bits per heavy atom.